The molecule has 3 rings (SSSR count). The van der Waals surface area contributed by atoms with E-state index in [1.165, 1.54) is 29.2 Å². The van der Waals surface area contributed by atoms with Gasteiger partial charge in [0.2, 0.25) is 11.8 Å². The lowest BCUT2D eigenvalue weighted by Crippen LogP contribution is -2.52. The van der Waals surface area contributed by atoms with Crippen LogP contribution in [-0.2, 0) is 26.2 Å². The first-order valence-electron chi connectivity index (χ1n) is 13.3. The van der Waals surface area contributed by atoms with E-state index in [0.29, 0.717) is 39.3 Å². The minimum absolute atomic E-state index is 0.0265. The van der Waals surface area contributed by atoms with E-state index in [1.807, 2.05) is 20.8 Å². The van der Waals surface area contributed by atoms with Gasteiger partial charge in [-0.25, -0.2) is 8.42 Å². The number of halogens is 3. The molecule has 0 saturated carbocycles. The van der Waals surface area contributed by atoms with Gasteiger partial charge < -0.3 is 10.2 Å². The minimum atomic E-state index is -4.21. The van der Waals surface area contributed by atoms with Crippen molar-refractivity contribution in [3.8, 4) is 0 Å². The second-order valence-corrected chi connectivity index (χ2v) is 12.8. The minimum Gasteiger partial charge on any atom is -0.354 e. The highest BCUT2D eigenvalue weighted by Gasteiger charge is 2.34. The van der Waals surface area contributed by atoms with Gasteiger partial charge >= 0.3 is 0 Å². The van der Waals surface area contributed by atoms with Crippen LogP contribution >= 0.6 is 34.8 Å². The van der Waals surface area contributed by atoms with Gasteiger partial charge in [0.1, 0.15) is 12.6 Å². The van der Waals surface area contributed by atoms with Crippen molar-refractivity contribution in [2.24, 2.45) is 0 Å². The summed E-state index contributed by atoms with van der Waals surface area (Å²) in [4.78, 5) is 28.7. The zero-order chi connectivity index (χ0) is 30.3. The molecule has 0 fully saturated rings. The van der Waals surface area contributed by atoms with Crippen molar-refractivity contribution in [3.05, 3.63) is 92.4 Å². The smallest absolute Gasteiger partial charge is 0.264 e. The number of hydrogen-bond donors (Lipinski definition) is 1. The van der Waals surface area contributed by atoms with Crippen molar-refractivity contribution in [2.45, 2.75) is 58.0 Å². The van der Waals surface area contributed by atoms with Crippen molar-refractivity contribution >= 4 is 62.3 Å². The number of nitrogens with zero attached hydrogens (tertiary/aromatic N) is 2. The molecule has 0 aliphatic carbocycles. The van der Waals surface area contributed by atoms with E-state index in [4.69, 9.17) is 34.8 Å². The number of sulfonamides is 1. The van der Waals surface area contributed by atoms with E-state index in [1.54, 1.807) is 43.3 Å². The molecule has 3 aromatic carbocycles. The molecule has 1 N–H and O–H groups in total. The predicted molar refractivity (Wildman–Crippen MR) is 166 cm³/mol. The third-order valence-electron chi connectivity index (χ3n) is 6.78. The van der Waals surface area contributed by atoms with Gasteiger partial charge in [-0.3, -0.25) is 13.9 Å². The van der Waals surface area contributed by atoms with Crippen molar-refractivity contribution in [2.75, 3.05) is 17.4 Å². The Bertz CT molecular complexity index is 1480. The molecule has 0 spiro atoms. The first-order chi connectivity index (χ1) is 19.4. The number of amides is 2. The van der Waals surface area contributed by atoms with Gasteiger partial charge in [0.05, 0.1) is 10.6 Å². The zero-order valence-corrected chi connectivity index (χ0v) is 26.5. The van der Waals surface area contributed by atoms with Crippen LogP contribution in [0.25, 0.3) is 0 Å². The molecule has 7 nitrogen and oxygen atoms in total. The van der Waals surface area contributed by atoms with E-state index < -0.39 is 28.5 Å². The Kier molecular flexibility index (Phi) is 11.5. The van der Waals surface area contributed by atoms with Crippen molar-refractivity contribution < 1.29 is 18.0 Å². The summed E-state index contributed by atoms with van der Waals surface area (Å²) in [6.07, 6.45) is 1.00. The van der Waals surface area contributed by atoms with Crippen LogP contribution in [0.5, 0.6) is 0 Å². The van der Waals surface area contributed by atoms with Crippen LogP contribution in [0.2, 0.25) is 15.1 Å². The quantitative estimate of drug-likeness (QED) is 0.237. The maximum Gasteiger partial charge on any atom is 0.264 e. The number of benzene rings is 3. The maximum atomic E-state index is 14.1. The summed E-state index contributed by atoms with van der Waals surface area (Å²) in [5.74, 6) is -0.931. The Balaban J connectivity index is 2.11. The molecule has 11 heteroatoms. The molecule has 220 valence electrons. The number of aryl methyl sites for hydroxylation is 2. The molecule has 0 radical (unpaired) electrons. The highest BCUT2D eigenvalue weighted by Crippen LogP contribution is 2.30. The molecule has 2 amide bonds. The zero-order valence-electron chi connectivity index (χ0n) is 23.5. The van der Waals surface area contributed by atoms with E-state index >= 15 is 0 Å². The Morgan fingerprint density at radius 3 is 2.10 bits per heavy atom. The van der Waals surface area contributed by atoms with E-state index in [9.17, 15) is 18.0 Å². The van der Waals surface area contributed by atoms with Gasteiger partial charge in [-0.1, -0.05) is 60.8 Å². The van der Waals surface area contributed by atoms with Crippen LogP contribution in [-0.4, -0.2) is 44.3 Å². The second-order valence-electron chi connectivity index (χ2n) is 9.67. The lowest BCUT2D eigenvalue weighted by atomic mass is 10.1. The number of nitrogens with one attached hydrogen (secondary N) is 1. The fourth-order valence-electron chi connectivity index (χ4n) is 4.28. The van der Waals surface area contributed by atoms with Gasteiger partial charge in [0, 0.05) is 33.7 Å². The SMILES string of the molecule is CCCNC(=O)[C@@H](CC)N(Cc1c(Cl)cccc1Cl)C(=O)CN(c1ccc(C)c(C)c1)S(=O)(=O)c1ccc(Cl)cc1. The van der Waals surface area contributed by atoms with Crippen LogP contribution in [0.15, 0.2) is 65.6 Å². The summed E-state index contributed by atoms with van der Waals surface area (Å²) in [6, 6.07) is 15.0. The summed E-state index contributed by atoms with van der Waals surface area (Å²) >= 11 is 18.9. The molecule has 0 heterocycles. The fourth-order valence-corrected chi connectivity index (χ4v) is 6.33. The summed E-state index contributed by atoms with van der Waals surface area (Å²) in [6.45, 7) is 7.28. The maximum absolute atomic E-state index is 14.1. The van der Waals surface area contributed by atoms with Crippen molar-refractivity contribution in [1.29, 1.82) is 0 Å². The van der Waals surface area contributed by atoms with Crippen LogP contribution in [0.3, 0.4) is 0 Å². The van der Waals surface area contributed by atoms with Crippen LogP contribution in [0.4, 0.5) is 5.69 Å². The highest BCUT2D eigenvalue weighted by molar-refractivity contribution is 7.92. The lowest BCUT2D eigenvalue weighted by molar-refractivity contribution is -0.140. The molecule has 0 aromatic heterocycles. The summed E-state index contributed by atoms with van der Waals surface area (Å²) < 4.78 is 29.0. The molecule has 3 aromatic rings. The Labute approximate surface area is 257 Å². The molecular formula is C30H34Cl3N3O4S. The number of rotatable bonds is 12. The molecule has 0 unspecified atom stereocenters. The molecule has 41 heavy (non-hydrogen) atoms. The van der Waals surface area contributed by atoms with Crippen LogP contribution < -0.4 is 9.62 Å². The van der Waals surface area contributed by atoms with Crippen molar-refractivity contribution in [3.63, 3.8) is 0 Å². The average Bonchev–Trinajstić information content (AvgIpc) is 2.93. The molecule has 0 saturated heterocycles. The highest BCUT2D eigenvalue weighted by atomic mass is 35.5. The monoisotopic (exact) mass is 637 g/mol. The number of carbonyl (C=O) groups is 2. The normalized spacial score (nSPS) is 12.1. The standard InChI is InChI=1S/C30H34Cl3N3O4S/c1-5-16-34-30(38)28(6-2)35(18-25-26(32)8-7-9-27(25)33)29(37)19-36(23-13-10-20(3)21(4)17-23)41(39,40)24-14-11-22(31)12-15-24/h7-15,17,28H,5-6,16,18-19H2,1-4H3,(H,34,38)/t28-/m1/s1. The Hall–Kier alpha value is -2.78. The molecule has 0 bridgehead atoms. The third kappa shape index (κ3) is 7.95. The second kappa shape index (κ2) is 14.4. The predicted octanol–water partition coefficient (Wildman–Crippen LogP) is 6.79. The summed E-state index contributed by atoms with van der Waals surface area (Å²) in [7, 11) is -4.21. The number of hydrogen-bond acceptors (Lipinski definition) is 4. The Morgan fingerprint density at radius 1 is 0.902 bits per heavy atom. The van der Waals surface area contributed by atoms with Gasteiger partial charge in [-0.05, 0) is 86.3 Å². The third-order valence-corrected chi connectivity index (χ3v) is 9.53. The summed E-state index contributed by atoms with van der Waals surface area (Å²) in [5, 5.41) is 3.89. The first kappa shape index (κ1) is 32.7. The van der Waals surface area contributed by atoms with Gasteiger partial charge in [0.25, 0.3) is 10.0 Å². The largest absolute Gasteiger partial charge is 0.354 e. The van der Waals surface area contributed by atoms with Crippen LogP contribution in [0, 0.1) is 13.8 Å². The van der Waals surface area contributed by atoms with Crippen LogP contribution in [0.1, 0.15) is 43.4 Å². The van der Waals surface area contributed by atoms with Gasteiger partial charge in [0.15, 0.2) is 0 Å². The van der Waals surface area contributed by atoms with Gasteiger partial charge in [-0.2, -0.15) is 0 Å². The molecular weight excluding hydrogens is 605 g/mol. The lowest BCUT2D eigenvalue weighted by Gasteiger charge is -2.33. The average molecular weight is 639 g/mol. The molecule has 1 atom stereocenters. The molecule has 0 aliphatic heterocycles. The van der Waals surface area contributed by atoms with E-state index in [2.05, 4.69) is 5.32 Å². The van der Waals surface area contributed by atoms with E-state index in [-0.39, 0.29) is 23.8 Å². The Morgan fingerprint density at radius 2 is 1.54 bits per heavy atom. The summed E-state index contributed by atoms with van der Waals surface area (Å²) in [5.41, 5.74) is 2.61. The van der Waals surface area contributed by atoms with Crippen molar-refractivity contribution in [1.82, 2.24) is 10.2 Å². The number of anilines is 1. The molecule has 0 aliphatic rings. The topological polar surface area (TPSA) is 86.8 Å². The van der Waals surface area contributed by atoms with E-state index in [0.717, 1.165) is 15.4 Å². The number of carbonyl (C=O) groups excluding carboxylic acids is 2. The fraction of sp³-hybridized carbons (Fsp3) is 0.333. The first-order valence-corrected chi connectivity index (χ1v) is 15.8. The van der Waals surface area contributed by atoms with Gasteiger partial charge in [-0.15, -0.1) is 0 Å².